The van der Waals surface area contributed by atoms with Gasteiger partial charge < -0.3 is 4.74 Å². The molecule has 0 aliphatic rings. The van der Waals surface area contributed by atoms with Crippen molar-refractivity contribution in [3.63, 3.8) is 0 Å². The fourth-order valence-corrected chi connectivity index (χ4v) is 2.27. The zero-order chi connectivity index (χ0) is 17.2. The molecule has 25 heavy (non-hydrogen) atoms. The molecule has 0 saturated carbocycles. The molecule has 3 aromatic carbocycles. The Hall–Kier alpha value is -3.33. The summed E-state index contributed by atoms with van der Waals surface area (Å²) in [5.74, 6) is 0.821. The Morgan fingerprint density at radius 3 is 2.32 bits per heavy atom. The smallest absolute Gasteiger partial charge is 0.120 e. The van der Waals surface area contributed by atoms with Gasteiger partial charge in [-0.2, -0.15) is 5.10 Å². The van der Waals surface area contributed by atoms with Crippen LogP contribution in [0.4, 0.5) is 5.69 Å². The maximum absolute atomic E-state index is 5.76. The average molecular weight is 328 g/mol. The van der Waals surface area contributed by atoms with E-state index in [9.17, 15) is 0 Å². The van der Waals surface area contributed by atoms with Crippen LogP contribution in [-0.2, 0) is 0 Å². The van der Waals surface area contributed by atoms with E-state index in [1.807, 2.05) is 78.9 Å². The lowest BCUT2D eigenvalue weighted by atomic mass is 10.2. The van der Waals surface area contributed by atoms with Gasteiger partial charge in [-0.1, -0.05) is 66.7 Å². The minimum Gasteiger partial charge on any atom is -0.490 e. The number of anilines is 1. The summed E-state index contributed by atoms with van der Waals surface area (Å²) in [6, 6.07) is 27.9. The lowest BCUT2D eigenvalue weighted by Gasteiger charge is -2.04. The quantitative estimate of drug-likeness (QED) is 0.476. The first kappa shape index (κ1) is 16.5. The fourth-order valence-electron chi connectivity index (χ4n) is 2.27. The van der Waals surface area contributed by atoms with E-state index in [0.29, 0.717) is 6.61 Å². The van der Waals surface area contributed by atoms with Crippen LogP contribution in [-0.4, -0.2) is 12.8 Å². The molecular weight excluding hydrogens is 308 g/mol. The van der Waals surface area contributed by atoms with Crippen molar-refractivity contribution in [1.29, 1.82) is 0 Å². The van der Waals surface area contributed by atoms with Crippen molar-refractivity contribution in [3.05, 3.63) is 102 Å². The molecule has 0 amide bonds. The maximum Gasteiger partial charge on any atom is 0.120 e. The SMILES string of the molecule is C(=Cc1ccccc1)COc1cccc(C=NNc2ccccc2)c1. The Labute approximate surface area is 148 Å². The molecule has 3 rings (SSSR count). The molecule has 0 radical (unpaired) electrons. The van der Waals surface area contributed by atoms with Crippen molar-refractivity contribution in [3.8, 4) is 5.75 Å². The van der Waals surface area contributed by atoms with Crippen molar-refractivity contribution >= 4 is 18.0 Å². The summed E-state index contributed by atoms with van der Waals surface area (Å²) >= 11 is 0. The molecule has 0 aliphatic carbocycles. The third-order valence-corrected chi connectivity index (χ3v) is 3.50. The van der Waals surface area contributed by atoms with Gasteiger partial charge in [-0.3, -0.25) is 5.43 Å². The lowest BCUT2D eigenvalue weighted by Crippen LogP contribution is -1.95. The Morgan fingerprint density at radius 2 is 1.52 bits per heavy atom. The molecule has 1 N–H and O–H groups in total. The van der Waals surface area contributed by atoms with Crippen LogP contribution in [0, 0.1) is 0 Å². The molecule has 0 aliphatic heterocycles. The first-order valence-corrected chi connectivity index (χ1v) is 8.19. The summed E-state index contributed by atoms with van der Waals surface area (Å²) < 4.78 is 5.76. The number of hydrazone groups is 1. The van der Waals surface area contributed by atoms with Gasteiger partial charge in [-0.25, -0.2) is 0 Å². The lowest BCUT2D eigenvalue weighted by molar-refractivity contribution is 0.363. The second-order valence-corrected chi connectivity index (χ2v) is 5.43. The van der Waals surface area contributed by atoms with Crippen LogP contribution in [0.15, 0.2) is 96.1 Å². The topological polar surface area (TPSA) is 33.6 Å². The molecular formula is C22H20N2O. The first-order chi connectivity index (χ1) is 12.4. The van der Waals surface area contributed by atoms with Gasteiger partial charge in [0, 0.05) is 0 Å². The molecule has 3 aromatic rings. The van der Waals surface area contributed by atoms with Gasteiger partial charge in [-0.15, -0.1) is 0 Å². The number of para-hydroxylation sites is 1. The van der Waals surface area contributed by atoms with Gasteiger partial charge in [0.15, 0.2) is 0 Å². The van der Waals surface area contributed by atoms with Gasteiger partial charge in [0.2, 0.25) is 0 Å². The minimum atomic E-state index is 0.526. The van der Waals surface area contributed by atoms with Gasteiger partial charge in [-0.05, 0) is 41.5 Å². The normalized spacial score (nSPS) is 11.0. The van der Waals surface area contributed by atoms with Crippen molar-refractivity contribution in [2.45, 2.75) is 0 Å². The monoisotopic (exact) mass is 328 g/mol. The average Bonchev–Trinajstić information content (AvgIpc) is 2.67. The Morgan fingerprint density at radius 1 is 0.800 bits per heavy atom. The third kappa shape index (κ3) is 5.66. The summed E-state index contributed by atoms with van der Waals surface area (Å²) in [7, 11) is 0. The molecule has 0 heterocycles. The molecule has 0 fully saturated rings. The number of hydrogen-bond acceptors (Lipinski definition) is 3. The van der Waals surface area contributed by atoms with Crippen LogP contribution in [0.2, 0.25) is 0 Å². The highest BCUT2D eigenvalue weighted by Gasteiger charge is 1.94. The van der Waals surface area contributed by atoms with Crippen LogP contribution in [0.5, 0.6) is 5.75 Å². The van der Waals surface area contributed by atoms with E-state index in [1.165, 1.54) is 5.56 Å². The number of nitrogens with one attached hydrogen (secondary N) is 1. The molecule has 0 unspecified atom stereocenters. The predicted octanol–water partition coefficient (Wildman–Crippen LogP) is 5.22. The second-order valence-electron chi connectivity index (χ2n) is 5.43. The fraction of sp³-hybridized carbons (Fsp3) is 0.0455. The highest BCUT2D eigenvalue weighted by molar-refractivity contribution is 5.80. The van der Waals surface area contributed by atoms with Gasteiger partial charge >= 0.3 is 0 Å². The molecule has 124 valence electrons. The van der Waals surface area contributed by atoms with E-state index in [-0.39, 0.29) is 0 Å². The van der Waals surface area contributed by atoms with Gasteiger partial charge in [0.1, 0.15) is 12.4 Å². The van der Waals surface area contributed by atoms with E-state index >= 15 is 0 Å². The van der Waals surface area contributed by atoms with E-state index in [2.05, 4.69) is 28.7 Å². The predicted molar refractivity (Wildman–Crippen MR) is 105 cm³/mol. The molecule has 3 heteroatoms. The van der Waals surface area contributed by atoms with Crippen LogP contribution in [0.1, 0.15) is 11.1 Å². The summed E-state index contributed by atoms with van der Waals surface area (Å²) in [5, 5.41) is 4.24. The number of nitrogens with zero attached hydrogens (tertiary/aromatic N) is 1. The molecule has 0 atom stereocenters. The molecule has 0 bridgehead atoms. The minimum absolute atomic E-state index is 0.526. The molecule has 0 saturated heterocycles. The van der Waals surface area contributed by atoms with E-state index in [0.717, 1.165) is 17.0 Å². The van der Waals surface area contributed by atoms with Crippen molar-refractivity contribution in [2.24, 2.45) is 5.10 Å². The number of benzene rings is 3. The summed E-state index contributed by atoms with van der Waals surface area (Å²) in [5.41, 5.74) is 6.10. The second kappa shape index (κ2) is 9.08. The van der Waals surface area contributed by atoms with Crippen molar-refractivity contribution < 1.29 is 4.74 Å². The highest BCUT2D eigenvalue weighted by atomic mass is 16.5. The number of hydrogen-bond donors (Lipinski definition) is 1. The van der Waals surface area contributed by atoms with Crippen molar-refractivity contribution in [1.82, 2.24) is 0 Å². The van der Waals surface area contributed by atoms with Crippen LogP contribution >= 0.6 is 0 Å². The van der Waals surface area contributed by atoms with Gasteiger partial charge in [0.05, 0.1) is 11.9 Å². The van der Waals surface area contributed by atoms with Crippen molar-refractivity contribution in [2.75, 3.05) is 12.0 Å². The molecule has 3 nitrogen and oxygen atoms in total. The van der Waals surface area contributed by atoms with E-state index in [1.54, 1.807) is 6.21 Å². The molecule has 0 spiro atoms. The Balaban J connectivity index is 1.52. The summed E-state index contributed by atoms with van der Waals surface area (Å²) in [4.78, 5) is 0. The maximum atomic E-state index is 5.76. The van der Waals surface area contributed by atoms with Crippen LogP contribution < -0.4 is 10.2 Å². The number of ether oxygens (including phenoxy) is 1. The van der Waals surface area contributed by atoms with E-state index < -0.39 is 0 Å². The zero-order valence-electron chi connectivity index (χ0n) is 13.9. The van der Waals surface area contributed by atoms with Crippen LogP contribution in [0.25, 0.3) is 6.08 Å². The van der Waals surface area contributed by atoms with E-state index in [4.69, 9.17) is 4.74 Å². The number of rotatable bonds is 7. The van der Waals surface area contributed by atoms with Crippen LogP contribution in [0.3, 0.4) is 0 Å². The van der Waals surface area contributed by atoms with Gasteiger partial charge in [0.25, 0.3) is 0 Å². The Bertz CT molecular complexity index is 827. The third-order valence-electron chi connectivity index (χ3n) is 3.50. The Kier molecular flexibility index (Phi) is 6.01. The standard InChI is InChI=1S/C22H20N2O/c1-3-9-19(10-4-1)12-8-16-25-22-15-7-11-20(17-22)18-23-24-21-13-5-2-6-14-21/h1-15,17-18,24H,16H2. The largest absolute Gasteiger partial charge is 0.490 e. The summed E-state index contributed by atoms with van der Waals surface area (Å²) in [6.07, 6.45) is 5.84. The first-order valence-electron chi connectivity index (χ1n) is 8.19. The highest BCUT2D eigenvalue weighted by Crippen LogP contribution is 2.13. The molecule has 0 aromatic heterocycles. The summed E-state index contributed by atoms with van der Waals surface area (Å²) in [6.45, 7) is 0.526. The zero-order valence-corrected chi connectivity index (χ0v) is 13.9.